The van der Waals surface area contributed by atoms with E-state index in [-0.39, 0.29) is 25.9 Å². The zero-order chi connectivity index (χ0) is 19.0. The first-order valence-electron chi connectivity index (χ1n) is 10.3. The van der Waals surface area contributed by atoms with Crippen molar-refractivity contribution in [3.8, 4) is 0 Å². The summed E-state index contributed by atoms with van der Waals surface area (Å²) in [4.78, 5) is 0. The molecular weight excluding hydrogens is 318 g/mol. The summed E-state index contributed by atoms with van der Waals surface area (Å²) in [7, 11) is 0. The Morgan fingerprint density at radius 1 is 0.920 bits per heavy atom. The van der Waals surface area contributed by atoms with E-state index in [0.29, 0.717) is 19.3 Å². The number of hydrogen-bond acceptors (Lipinski definition) is 5. The molecule has 25 heavy (non-hydrogen) atoms. The number of nitrogens with two attached hydrogens (primary N) is 1. The van der Waals surface area contributed by atoms with Gasteiger partial charge in [-0.15, -0.1) is 0 Å². The summed E-state index contributed by atoms with van der Waals surface area (Å²) in [6, 6.07) is 0. The Morgan fingerprint density at radius 2 is 1.52 bits per heavy atom. The minimum Gasteiger partial charge on any atom is -0.396 e. The molecule has 0 fully saturated rings. The molecule has 0 heterocycles. The number of ether oxygens (including phenoxy) is 1. The van der Waals surface area contributed by atoms with E-state index >= 15 is 0 Å². The van der Waals surface area contributed by atoms with Crippen molar-refractivity contribution >= 4 is 0 Å². The van der Waals surface area contributed by atoms with Crippen LogP contribution in [0.1, 0.15) is 90.9 Å². The van der Waals surface area contributed by atoms with E-state index in [2.05, 4.69) is 6.92 Å². The van der Waals surface area contributed by atoms with Crippen LogP contribution < -0.4 is 5.73 Å². The fourth-order valence-corrected chi connectivity index (χ4v) is 3.93. The third-order valence-corrected chi connectivity index (χ3v) is 5.17. The van der Waals surface area contributed by atoms with Crippen molar-refractivity contribution in [2.24, 2.45) is 11.7 Å². The van der Waals surface area contributed by atoms with Crippen LogP contribution in [-0.2, 0) is 4.74 Å². The average molecular weight is 362 g/mol. The van der Waals surface area contributed by atoms with Crippen LogP contribution in [0.4, 0.5) is 0 Å². The van der Waals surface area contributed by atoms with Gasteiger partial charge in [-0.25, -0.2) is 0 Å². The normalized spacial score (nSPS) is 16.6. The molecule has 152 valence electrons. The van der Waals surface area contributed by atoms with Gasteiger partial charge >= 0.3 is 0 Å². The lowest BCUT2D eigenvalue weighted by atomic mass is 9.75. The molecule has 3 unspecified atom stereocenters. The lowest BCUT2D eigenvalue weighted by molar-refractivity contribution is -0.125. The number of unbranched alkanes of at least 4 members (excludes halogenated alkanes) is 7. The second-order valence-corrected chi connectivity index (χ2v) is 7.38. The molecule has 0 saturated heterocycles. The second kappa shape index (κ2) is 16.0. The summed E-state index contributed by atoms with van der Waals surface area (Å²) in [5.41, 5.74) is 4.99. The van der Waals surface area contributed by atoms with Gasteiger partial charge in [0.25, 0.3) is 0 Å². The van der Waals surface area contributed by atoms with E-state index in [1.54, 1.807) is 6.92 Å². The largest absolute Gasteiger partial charge is 0.396 e. The van der Waals surface area contributed by atoms with Crippen LogP contribution >= 0.6 is 0 Å². The van der Waals surface area contributed by atoms with E-state index in [9.17, 15) is 15.3 Å². The van der Waals surface area contributed by atoms with Gasteiger partial charge in [0.1, 0.15) is 0 Å². The first kappa shape index (κ1) is 24.8. The van der Waals surface area contributed by atoms with Crippen molar-refractivity contribution < 1.29 is 20.1 Å². The molecule has 0 spiro atoms. The van der Waals surface area contributed by atoms with Crippen LogP contribution in [-0.4, -0.2) is 47.0 Å². The summed E-state index contributed by atoms with van der Waals surface area (Å²) in [5, 5.41) is 28.9. The maximum absolute atomic E-state index is 9.91. The van der Waals surface area contributed by atoms with Gasteiger partial charge in [-0.1, -0.05) is 58.3 Å². The molecule has 0 bridgehead atoms. The standard InChI is InChI=1S/C20H43NO4/c1-3-4-5-6-7-8-9-10-11-19(12-14-22)20(13-15-23,25-17-21)16-18(2)24/h18-19,22-24H,3-17,21H2,1-2H3. The summed E-state index contributed by atoms with van der Waals surface area (Å²) in [6.07, 6.45) is 12.0. The highest BCUT2D eigenvalue weighted by atomic mass is 16.5. The van der Waals surface area contributed by atoms with Crippen molar-refractivity contribution in [1.82, 2.24) is 0 Å². The van der Waals surface area contributed by atoms with Crippen molar-refractivity contribution in [2.45, 2.75) is 103 Å². The Hall–Kier alpha value is -0.200. The van der Waals surface area contributed by atoms with Crippen molar-refractivity contribution in [2.75, 3.05) is 19.9 Å². The topological polar surface area (TPSA) is 95.9 Å². The smallest absolute Gasteiger partial charge is 0.0948 e. The van der Waals surface area contributed by atoms with Gasteiger partial charge in [0.2, 0.25) is 0 Å². The van der Waals surface area contributed by atoms with Gasteiger partial charge in [0.05, 0.1) is 18.4 Å². The molecule has 5 N–H and O–H groups in total. The van der Waals surface area contributed by atoms with E-state index in [1.807, 2.05) is 0 Å². The summed E-state index contributed by atoms with van der Waals surface area (Å²) in [6.45, 7) is 4.11. The molecule has 5 heteroatoms. The molecule has 5 nitrogen and oxygen atoms in total. The van der Waals surface area contributed by atoms with Gasteiger partial charge < -0.3 is 25.8 Å². The maximum Gasteiger partial charge on any atom is 0.0948 e. The molecule has 0 amide bonds. The van der Waals surface area contributed by atoms with Crippen molar-refractivity contribution in [3.63, 3.8) is 0 Å². The average Bonchev–Trinajstić information content (AvgIpc) is 2.56. The summed E-state index contributed by atoms with van der Waals surface area (Å²) >= 11 is 0. The van der Waals surface area contributed by atoms with E-state index in [4.69, 9.17) is 10.5 Å². The Morgan fingerprint density at radius 3 is 2.00 bits per heavy atom. The Balaban J connectivity index is 4.55. The molecule has 3 atom stereocenters. The molecule has 0 aromatic heterocycles. The van der Waals surface area contributed by atoms with Crippen molar-refractivity contribution in [1.29, 1.82) is 0 Å². The summed E-state index contributed by atoms with van der Waals surface area (Å²) in [5.74, 6) is 0.0999. The molecule has 0 aliphatic heterocycles. The molecule has 0 aromatic rings. The fraction of sp³-hybridized carbons (Fsp3) is 1.00. The monoisotopic (exact) mass is 361 g/mol. The summed E-state index contributed by atoms with van der Waals surface area (Å²) < 4.78 is 5.86. The minimum atomic E-state index is -0.651. The lowest BCUT2D eigenvalue weighted by Gasteiger charge is -2.41. The predicted molar refractivity (Wildman–Crippen MR) is 103 cm³/mol. The number of aliphatic hydroxyl groups is 3. The van der Waals surface area contributed by atoms with Crippen LogP contribution in [0.5, 0.6) is 0 Å². The molecular formula is C20H43NO4. The first-order chi connectivity index (χ1) is 12.1. The molecule has 0 rings (SSSR count). The Bertz CT molecular complexity index is 281. The zero-order valence-corrected chi connectivity index (χ0v) is 16.6. The third-order valence-electron chi connectivity index (χ3n) is 5.17. The van der Waals surface area contributed by atoms with E-state index < -0.39 is 11.7 Å². The van der Waals surface area contributed by atoms with Gasteiger partial charge in [-0.2, -0.15) is 0 Å². The molecule has 0 aliphatic carbocycles. The molecule has 0 aliphatic rings. The van der Waals surface area contributed by atoms with E-state index in [1.165, 1.54) is 44.9 Å². The minimum absolute atomic E-state index is 0.00786. The molecule has 0 radical (unpaired) electrons. The SMILES string of the molecule is CCCCCCCCCCC(CCO)C(CCO)(CC(C)O)OCN. The maximum atomic E-state index is 9.91. The van der Waals surface area contributed by atoms with Gasteiger partial charge in [0.15, 0.2) is 0 Å². The lowest BCUT2D eigenvalue weighted by Crippen LogP contribution is -2.46. The van der Waals surface area contributed by atoms with Crippen LogP contribution in [0, 0.1) is 5.92 Å². The number of rotatable bonds is 18. The zero-order valence-electron chi connectivity index (χ0n) is 16.6. The predicted octanol–water partition coefficient (Wildman–Crippen LogP) is 3.34. The van der Waals surface area contributed by atoms with Gasteiger partial charge in [-0.05, 0) is 32.1 Å². The highest BCUT2D eigenvalue weighted by Gasteiger charge is 2.39. The van der Waals surface area contributed by atoms with Gasteiger partial charge in [0, 0.05) is 19.6 Å². The highest BCUT2D eigenvalue weighted by molar-refractivity contribution is 4.90. The highest BCUT2D eigenvalue weighted by Crippen LogP contribution is 2.36. The Kier molecular flexibility index (Phi) is 15.9. The third kappa shape index (κ3) is 11.2. The van der Waals surface area contributed by atoms with Crippen LogP contribution in [0.25, 0.3) is 0 Å². The Labute approximate surface area is 155 Å². The number of aliphatic hydroxyl groups excluding tert-OH is 3. The quantitative estimate of drug-likeness (QED) is 0.222. The van der Waals surface area contributed by atoms with Crippen LogP contribution in [0.15, 0.2) is 0 Å². The second-order valence-electron chi connectivity index (χ2n) is 7.38. The molecule has 0 aromatic carbocycles. The van der Waals surface area contributed by atoms with E-state index in [0.717, 1.165) is 12.8 Å². The van der Waals surface area contributed by atoms with Crippen LogP contribution in [0.2, 0.25) is 0 Å². The van der Waals surface area contributed by atoms with Crippen LogP contribution in [0.3, 0.4) is 0 Å². The molecule has 0 saturated carbocycles. The fourth-order valence-electron chi connectivity index (χ4n) is 3.93. The van der Waals surface area contributed by atoms with Crippen molar-refractivity contribution in [3.05, 3.63) is 0 Å². The first-order valence-corrected chi connectivity index (χ1v) is 10.3. The van der Waals surface area contributed by atoms with Gasteiger partial charge in [-0.3, -0.25) is 0 Å². The number of hydrogen-bond donors (Lipinski definition) is 4.